The Hall–Kier alpha value is 0.230. The lowest BCUT2D eigenvalue weighted by atomic mass is 9.87. The molecule has 0 bridgehead atoms. The summed E-state index contributed by atoms with van der Waals surface area (Å²) in [6, 6.07) is 3.59. The fourth-order valence-electron chi connectivity index (χ4n) is 1.10. The van der Waals surface area contributed by atoms with E-state index in [0.717, 1.165) is 13.6 Å². The fraction of sp³-hybridized carbons (Fsp3) is 0.400. The lowest BCUT2D eigenvalue weighted by molar-refractivity contribution is -0.269. The first kappa shape index (κ1) is 11.3. The maximum Gasteiger partial charge on any atom is 0.0222 e. The number of rotatable bonds is 0. The summed E-state index contributed by atoms with van der Waals surface area (Å²) in [7, 11) is 0. The van der Waals surface area contributed by atoms with Crippen molar-refractivity contribution in [3.63, 3.8) is 0 Å². The Kier molecular flexibility index (Phi) is 3.28. The Bertz CT molecular complexity index is 328. The summed E-state index contributed by atoms with van der Waals surface area (Å²) in [5, 5.41) is 11.4. The van der Waals surface area contributed by atoms with Gasteiger partial charge in [0.25, 0.3) is 0 Å². The molecule has 0 heterocycles. The second-order valence-electron chi connectivity index (χ2n) is 4.01. The van der Waals surface area contributed by atoms with E-state index in [9.17, 15) is 5.11 Å². The minimum Gasteiger partial charge on any atom is -0.872 e. The monoisotopic (exact) mass is 353 g/mol. The molecule has 3 heteroatoms. The number of hydrogen-bond acceptors (Lipinski definition) is 1. The predicted octanol–water partition coefficient (Wildman–Crippen LogP) is 3.42. The van der Waals surface area contributed by atoms with E-state index < -0.39 is 0 Å². The fourth-order valence-corrected chi connectivity index (χ4v) is 2.94. The standard InChI is InChI=1S/C10H12BrIO/c1-10(2,3)6-4-9(13)8(12)5-7(6)11/h4-5,13H,1-3H3/p-1. The zero-order valence-corrected chi connectivity index (χ0v) is 11.6. The molecule has 0 spiro atoms. The van der Waals surface area contributed by atoms with Crippen molar-refractivity contribution in [2.45, 2.75) is 26.2 Å². The van der Waals surface area contributed by atoms with Gasteiger partial charge in [-0.1, -0.05) is 48.5 Å². The quantitative estimate of drug-likeness (QED) is 0.655. The molecule has 0 fully saturated rings. The van der Waals surface area contributed by atoms with Gasteiger partial charge in [-0.05, 0) is 39.6 Å². The molecule has 0 N–H and O–H groups in total. The Balaban J connectivity index is 3.32. The zero-order valence-electron chi connectivity index (χ0n) is 7.82. The molecule has 0 amide bonds. The first-order chi connectivity index (χ1) is 5.82. The van der Waals surface area contributed by atoms with Crippen molar-refractivity contribution >= 4 is 38.5 Å². The Morgan fingerprint density at radius 3 is 2.31 bits per heavy atom. The van der Waals surface area contributed by atoms with Crippen molar-refractivity contribution in [3.05, 3.63) is 25.7 Å². The van der Waals surface area contributed by atoms with Gasteiger partial charge in [0.1, 0.15) is 0 Å². The Morgan fingerprint density at radius 1 is 1.31 bits per heavy atom. The van der Waals surface area contributed by atoms with Gasteiger partial charge in [-0.25, -0.2) is 0 Å². The number of halogens is 2. The second kappa shape index (κ2) is 3.77. The predicted molar refractivity (Wildman–Crippen MR) is 65.0 cm³/mol. The summed E-state index contributed by atoms with van der Waals surface area (Å²) in [6.45, 7) is 6.29. The van der Waals surface area contributed by atoms with Crippen LogP contribution in [0.5, 0.6) is 5.75 Å². The van der Waals surface area contributed by atoms with Crippen LogP contribution in [0.1, 0.15) is 26.3 Å². The Morgan fingerprint density at radius 2 is 1.85 bits per heavy atom. The van der Waals surface area contributed by atoms with E-state index in [4.69, 9.17) is 0 Å². The maximum absolute atomic E-state index is 11.4. The normalized spacial score (nSPS) is 11.8. The van der Waals surface area contributed by atoms with Gasteiger partial charge in [0.2, 0.25) is 0 Å². The summed E-state index contributed by atoms with van der Waals surface area (Å²) in [6.07, 6.45) is 0. The molecule has 0 saturated heterocycles. The molecule has 0 aliphatic heterocycles. The zero-order chi connectivity index (χ0) is 10.2. The lowest BCUT2D eigenvalue weighted by Crippen LogP contribution is -2.13. The minimum absolute atomic E-state index is 0.0162. The maximum atomic E-state index is 11.4. The number of benzene rings is 1. The van der Waals surface area contributed by atoms with Crippen LogP contribution in [-0.2, 0) is 5.41 Å². The van der Waals surface area contributed by atoms with Crippen LogP contribution >= 0.6 is 38.5 Å². The van der Waals surface area contributed by atoms with Crippen molar-refractivity contribution < 1.29 is 5.11 Å². The summed E-state index contributed by atoms with van der Waals surface area (Å²) in [5.74, 6) is 0.105. The molecule has 1 aromatic rings. The summed E-state index contributed by atoms with van der Waals surface area (Å²) in [5.41, 5.74) is 1.08. The number of hydrogen-bond donors (Lipinski definition) is 0. The van der Waals surface area contributed by atoms with Gasteiger partial charge >= 0.3 is 0 Å². The van der Waals surface area contributed by atoms with Gasteiger partial charge in [-0.2, -0.15) is 0 Å². The van der Waals surface area contributed by atoms with Crippen LogP contribution in [-0.4, -0.2) is 0 Å². The highest BCUT2D eigenvalue weighted by atomic mass is 127. The molecule has 0 saturated carbocycles. The van der Waals surface area contributed by atoms with Crippen LogP contribution in [0.4, 0.5) is 0 Å². The van der Waals surface area contributed by atoms with Crippen LogP contribution in [0.25, 0.3) is 0 Å². The average Bonchev–Trinajstić information content (AvgIpc) is 1.94. The molecule has 1 aromatic carbocycles. The van der Waals surface area contributed by atoms with Gasteiger partial charge in [-0.3, -0.25) is 0 Å². The third kappa shape index (κ3) is 2.59. The molecular formula is C10H11BrIO-. The van der Waals surface area contributed by atoms with Crippen LogP contribution < -0.4 is 5.11 Å². The van der Waals surface area contributed by atoms with E-state index in [0.29, 0.717) is 0 Å². The minimum atomic E-state index is 0.0162. The summed E-state index contributed by atoms with van der Waals surface area (Å²) in [4.78, 5) is 0. The molecule has 0 atom stereocenters. The van der Waals surface area contributed by atoms with Crippen molar-refractivity contribution in [2.24, 2.45) is 0 Å². The van der Waals surface area contributed by atoms with E-state index in [2.05, 4.69) is 59.3 Å². The van der Waals surface area contributed by atoms with Gasteiger partial charge in [0, 0.05) is 8.04 Å². The highest BCUT2D eigenvalue weighted by Gasteiger charge is 2.16. The molecule has 1 rings (SSSR count). The van der Waals surface area contributed by atoms with E-state index in [1.54, 1.807) is 6.07 Å². The summed E-state index contributed by atoms with van der Waals surface area (Å²) < 4.78 is 1.78. The molecule has 0 aliphatic carbocycles. The van der Waals surface area contributed by atoms with E-state index in [1.807, 2.05) is 6.07 Å². The molecule has 0 radical (unpaired) electrons. The highest BCUT2D eigenvalue weighted by molar-refractivity contribution is 14.1. The van der Waals surface area contributed by atoms with E-state index in [1.165, 1.54) is 0 Å². The van der Waals surface area contributed by atoms with Gasteiger partial charge in [0.05, 0.1) is 0 Å². The van der Waals surface area contributed by atoms with Crippen molar-refractivity contribution in [1.82, 2.24) is 0 Å². The van der Waals surface area contributed by atoms with Crippen LogP contribution in [0.3, 0.4) is 0 Å². The molecular weight excluding hydrogens is 343 g/mol. The lowest BCUT2D eigenvalue weighted by Gasteiger charge is -2.23. The average molecular weight is 354 g/mol. The SMILES string of the molecule is CC(C)(C)c1cc([O-])c(I)cc1Br. The molecule has 0 aromatic heterocycles. The van der Waals surface area contributed by atoms with Crippen molar-refractivity contribution in [3.8, 4) is 5.75 Å². The van der Waals surface area contributed by atoms with Gasteiger partial charge < -0.3 is 5.11 Å². The van der Waals surface area contributed by atoms with Crippen LogP contribution in [0.15, 0.2) is 16.6 Å². The second-order valence-corrected chi connectivity index (χ2v) is 6.03. The Labute approximate surface area is 101 Å². The molecule has 1 nitrogen and oxygen atoms in total. The van der Waals surface area contributed by atoms with Gasteiger partial charge in [-0.15, -0.1) is 0 Å². The first-order valence-electron chi connectivity index (χ1n) is 3.99. The largest absolute Gasteiger partial charge is 0.872 e. The topological polar surface area (TPSA) is 23.1 Å². The molecule has 13 heavy (non-hydrogen) atoms. The van der Waals surface area contributed by atoms with Crippen LogP contribution in [0.2, 0.25) is 0 Å². The van der Waals surface area contributed by atoms with Gasteiger partial charge in [0.15, 0.2) is 0 Å². The third-order valence-corrected chi connectivity index (χ3v) is 3.33. The van der Waals surface area contributed by atoms with E-state index >= 15 is 0 Å². The van der Waals surface area contributed by atoms with Crippen molar-refractivity contribution in [2.75, 3.05) is 0 Å². The molecule has 0 unspecified atom stereocenters. The van der Waals surface area contributed by atoms with Crippen LogP contribution in [0, 0.1) is 3.57 Å². The molecule has 72 valence electrons. The van der Waals surface area contributed by atoms with E-state index in [-0.39, 0.29) is 11.2 Å². The van der Waals surface area contributed by atoms with Crippen molar-refractivity contribution in [1.29, 1.82) is 0 Å². The molecule has 0 aliphatic rings. The highest BCUT2D eigenvalue weighted by Crippen LogP contribution is 2.34. The summed E-state index contributed by atoms with van der Waals surface area (Å²) >= 11 is 5.53. The first-order valence-corrected chi connectivity index (χ1v) is 5.86. The smallest absolute Gasteiger partial charge is 0.0222 e. The third-order valence-electron chi connectivity index (χ3n) is 1.83.